The lowest BCUT2D eigenvalue weighted by Crippen LogP contribution is -2.18. The summed E-state index contributed by atoms with van der Waals surface area (Å²) in [6, 6.07) is 9.81. The van der Waals surface area contributed by atoms with E-state index < -0.39 is 5.66 Å². The molecule has 1 aliphatic rings. The normalized spacial score (nSPS) is 14.2. The second kappa shape index (κ2) is 6.68. The highest BCUT2D eigenvalue weighted by atomic mass is 16.1. The van der Waals surface area contributed by atoms with Crippen LogP contribution in [0.15, 0.2) is 40.6 Å². The van der Waals surface area contributed by atoms with Crippen molar-refractivity contribution in [3.05, 3.63) is 30.3 Å². The molecule has 8 nitrogen and oxygen atoms in total. The van der Waals surface area contributed by atoms with Crippen LogP contribution in [-0.2, 0) is 11.8 Å². The lowest BCUT2D eigenvalue weighted by atomic mass is 10.0. The first kappa shape index (κ1) is 17.0. The Morgan fingerprint density at radius 2 is 2.07 bits per heavy atom. The van der Waals surface area contributed by atoms with E-state index >= 15 is 0 Å². The summed E-state index contributed by atoms with van der Waals surface area (Å²) in [6.45, 7) is 0. The van der Waals surface area contributed by atoms with Crippen molar-refractivity contribution in [3.63, 3.8) is 0 Å². The van der Waals surface area contributed by atoms with Gasteiger partial charge in [0.25, 0.3) is 0 Å². The lowest BCUT2D eigenvalue weighted by Gasteiger charge is -2.08. The van der Waals surface area contributed by atoms with E-state index in [1.54, 1.807) is 4.68 Å². The molecule has 3 heterocycles. The molecule has 0 saturated carbocycles. The number of hydrogen-bond acceptors (Lipinski definition) is 5. The number of aromatic amines is 1. The maximum Gasteiger partial charge on any atom is 0.225 e. The molecule has 4 rings (SSSR count). The van der Waals surface area contributed by atoms with Crippen LogP contribution < -0.4 is 5.32 Å². The molecule has 0 aliphatic carbocycles. The summed E-state index contributed by atoms with van der Waals surface area (Å²) in [5, 5.41) is 23.6. The van der Waals surface area contributed by atoms with Crippen molar-refractivity contribution >= 4 is 22.8 Å². The number of nitrogens with one attached hydrogen (secondary N) is 2. The third-order valence-electron chi connectivity index (χ3n) is 4.66. The van der Waals surface area contributed by atoms with Crippen LogP contribution in [0.1, 0.15) is 25.7 Å². The van der Waals surface area contributed by atoms with Crippen molar-refractivity contribution in [3.8, 4) is 23.6 Å². The van der Waals surface area contributed by atoms with Crippen LogP contribution in [0.25, 0.3) is 22.3 Å². The number of benzene rings is 1. The van der Waals surface area contributed by atoms with Gasteiger partial charge < -0.3 is 5.32 Å². The SMILES string of the molecule is C#CCCC1(CCC(=O)Nc2[nH]nc3c2c(-c2ccccc2)nn3C)N=N1. The zero-order valence-corrected chi connectivity index (χ0v) is 14.9. The third-order valence-corrected chi connectivity index (χ3v) is 4.66. The quantitative estimate of drug-likeness (QED) is 0.632. The maximum absolute atomic E-state index is 12.4. The first-order valence-corrected chi connectivity index (χ1v) is 8.76. The number of amides is 1. The van der Waals surface area contributed by atoms with Crippen LogP contribution in [-0.4, -0.2) is 31.5 Å². The fourth-order valence-electron chi connectivity index (χ4n) is 3.11. The molecule has 0 fully saturated rings. The molecule has 0 unspecified atom stereocenters. The number of aromatic nitrogens is 4. The minimum absolute atomic E-state index is 0.124. The summed E-state index contributed by atoms with van der Waals surface area (Å²) in [5.41, 5.74) is 1.96. The first-order valence-electron chi connectivity index (χ1n) is 8.76. The van der Waals surface area contributed by atoms with Gasteiger partial charge in [-0.25, -0.2) is 4.68 Å². The van der Waals surface area contributed by atoms with Crippen molar-refractivity contribution in [1.29, 1.82) is 0 Å². The van der Waals surface area contributed by atoms with Crippen molar-refractivity contribution in [1.82, 2.24) is 20.0 Å². The van der Waals surface area contributed by atoms with Gasteiger partial charge in [-0.05, 0) is 0 Å². The Balaban J connectivity index is 1.51. The Hall–Kier alpha value is -3.47. The summed E-state index contributed by atoms with van der Waals surface area (Å²) in [7, 11) is 1.83. The number of terminal acetylenes is 1. The van der Waals surface area contributed by atoms with Gasteiger partial charge in [-0.2, -0.15) is 20.4 Å². The average molecular weight is 361 g/mol. The van der Waals surface area contributed by atoms with E-state index in [1.807, 2.05) is 37.4 Å². The highest BCUT2D eigenvalue weighted by Crippen LogP contribution is 2.38. The van der Waals surface area contributed by atoms with Crippen LogP contribution in [0.3, 0.4) is 0 Å². The topological polar surface area (TPSA) is 100 Å². The predicted molar refractivity (Wildman–Crippen MR) is 102 cm³/mol. The number of carbonyl (C=O) groups excluding carboxylic acids is 1. The molecule has 2 aromatic heterocycles. The second-order valence-corrected chi connectivity index (χ2v) is 6.57. The van der Waals surface area contributed by atoms with E-state index in [-0.39, 0.29) is 5.91 Å². The van der Waals surface area contributed by atoms with Crippen LogP contribution >= 0.6 is 0 Å². The van der Waals surface area contributed by atoms with Gasteiger partial charge in [-0.1, -0.05) is 30.3 Å². The molecule has 27 heavy (non-hydrogen) atoms. The molecule has 0 spiro atoms. The number of fused-ring (bicyclic) bond motifs is 1. The van der Waals surface area contributed by atoms with E-state index in [9.17, 15) is 4.79 Å². The van der Waals surface area contributed by atoms with Gasteiger partial charge in [-0.3, -0.25) is 9.89 Å². The zero-order chi connectivity index (χ0) is 18.9. The molecule has 0 saturated heterocycles. The van der Waals surface area contributed by atoms with E-state index in [4.69, 9.17) is 6.42 Å². The molecule has 2 N–H and O–H groups in total. The molecule has 1 aromatic carbocycles. The Bertz CT molecular complexity index is 1050. The van der Waals surface area contributed by atoms with E-state index in [1.165, 1.54) is 0 Å². The number of anilines is 1. The van der Waals surface area contributed by atoms with Crippen LogP contribution in [0.2, 0.25) is 0 Å². The van der Waals surface area contributed by atoms with Crippen molar-refractivity contribution in [2.24, 2.45) is 17.3 Å². The number of rotatable bonds is 7. The largest absolute Gasteiger partial charge is 0.310 e. The van der Waals surface area contributed by atoms with Crippen LogP contribution in [0, 0.1) is 12.3 Å². The lowest BCUT2D eigenvalue weighted by molar-refractivity contribution is -0.116. The Morgan fingerprint density at radius 3 is 2.78 bits per heavy atom. The second-order valence-electron chi connectivity index (χ2n) is 6.57. The molecular formula is C19H19N7O. The molecule has 8 heteroatoms. The van der Waals surface area contributed by atoms with Gasteiger partial charge in [0.2, 0.25) is 5.91 Å². The van der Waals surface area contributed by atoms with Gasteiger partial charge in [0.1, 0.15) is 11.5 Å². The van der Waals surface area contributed by atoms with E-state index in [2.05, 4.69) is 36.8 Å². The van der Waals surface area contributed by atoms with E-state index in [0.29, 0.717) is 37.1 Å². The summed E-state index contributed by atoms with van der Waals surface area (Å²) in [5.74, 6) is 3.01. The van der Waals surface area contributed by atoms with Crippen LogP contribution in [0.4, 0.5) is 5.82 Å². The minimum atomic E-state index is -0.462. The Morgan fingerprint density at radius 1 is 1.30 bits per heavy atom. The minimum Gasteiger partial charge on any atom is -0.310 e. The van der Waals surface area contributed by atoms with Crippen LogP contribution in [0.5, 0.6) is 0 Å². The van der Waals surface area contributed by atoms with Gasteiger partial charge in [-0.15, -0.1) is 12.3 Å². The maximum atomic E-state index is 12.4. The number of carbonyl (C=O) groups is 1. The first-order chi connectivity index (χ1) is 13.1. The van der Waals surface area contributed by atoms with Crippen molar-refractivity contribution in [2.75, 3.05) is 5.32 Å². The standard InChI is InChI=1S/C19H19N7O/c1-3-4-11-19(24-25-19)12-10-14(27)20-17-15-16(13-8-6-5-7-9-13)23-26(2)18(15)22-21-17/h1,5-9H,4,10-12H2,2H3,(H2,20,21,22,27). The summed E-state index contributed by atoms with van der Waals surface area (Å²) in [6.07, 6.45) is 7.44. The Labute approximate surface area is 156 Å². The fraction of sp³-hybridized carbons (Fsp3) is 0.316. The number of aryl methyl sites for hydroxylation is 1. The smallest absolute Gasteiger partial charge is 0.225 e. The average Bonchev–Trinajstić information content (AvgIpc) is 3.22. The molecule has 1 aliphatic heterocycles. The van der Waals surface area contributed by atoms with Gasteiger partial charge in [0.05, 0.1) is 5.39 Å². The summed E-state index contributed by atoms with van der Waals surface area (Å²) >= 11 is 0. The van der Waals surface area contributed by atoms with Crippen molar-refractivity contribution in [2.45, 2.75) is 31.3 Å². The molecule has 3 aromatic rings. The highest BCUT2D eigenvalue weighted by Gasteiger charge is 2.39. The molecule has 1 amide bonds. The summed E-state index contributed by atoms with van der Waals surface area (Å²) in [4.78, 5) is 12.4. The fourth-order valence-corrected chi connectivity index (χ4v) is 3.11. The van der Waals surface area contributed by atoms with Crippen molar-refractivity contribution < 1.29 is 4.79 Å². The van der Waals surface area contributed by atoms with Gasteiger partial charge in [0.15, 0.2) is 11.3 Å². The monoisotopic (exact) mass is 361 g/mol. The zero-order valence-electron chi connectivity index (χ0n) is 14.9. The predicted octanol–water partition coefficient (Wildman–Crippen LogP) is 3.26. The molecule has 0 radical (unpaired) electrons. The number of H-pyrrole nitrogens is 1. The molecule has 0 bridgehead atoms. The number of hydrogen-bond donors (Lipinski definition) is 2. The summed E-state index contributed by atoms with van der Waals surface area (Å²) < 4.78 is 1.70. The Kier molecular flexibility index (Phi) is 4.20. The third kappa shape index (κ3) is 3.31. The molecular weight excluding hydrogens is 342 g/mol. The van der Waals surface area contributed by atoms with Gasteiger partial charge >= 0.3 is 0 Å². The molecule has 136 valence electrons. The van der Waals surface area contributed by atoms with E-state index in [0.717, 1.165) is 16.6 Å². The highest BCUT2D eigenvalue weighted by molar-refractivity contribution is 6.04. The van der Waals surface area contributed by atoms with Gasteiger partial charge in [0, 0.05) is 38.3 Å². The number of nitrogens with zero attached hydrogens (tertiary/aromatic N) is 5. The molecule has 0 atom stereocenters.